The minimum atomic E-state index is -4.63. The largest absolute Gasteiger partial charge is 0.416 e. The van der Waals surface area contributed by atoms with Gasteiger partial charge in [-0.15, -0.1) is 11.3 Å². The summed E-state index contributed by atoms with van der Waals surface area (Å²) in [6.45, 7) is 0.0909. The number of hydrogen-bond donors (Lipinski definition) is 1. The molecule has 33 heavy (non-hydrogen) atoms. The van der Waals surface area contributed by atoms with Gasteiger partial charge in [0.2, 0.25) is 15.9 Å². The lowest BCUT2D eigenvalue weighted by Gasteiger charge is -2.30. The molecule has 2 aromatic carbocycles. The predicted molar refractivity (Wildman–Crippen MR) is 119 cm³/mol. The van der Waals surface area contributed by atoms with Crippen molar-refractivity contribution >= 4 is 32.4 Å². The highest BCUT2D eigenvalue weighted by Crippen LogP contribution is 2.32. The summed E-state index contributed by atoms with van der Waals surface area (Å²) in [4.78, 5) is 16.7. The number of amides is 1. The minimum Gasteiger partial charge on any atom is -0.302 e. The molecular weight excluding hydrogens is 475 g/mol. The highest BCUT2D eigenvalue weighted by Gasteiger charge is 2.35. The number of nitrogens with one attached hydrogen (secondary N) is 1. The van der Waals surface area contributed by atoms with E-state index in [1.165, 1.54) is 11.3 Å². The van der Waals surface area contributed by atoms with Gasteiger partial charge in [-0.1, -0.05) is 36.4 Å². The standard InChI is InChI=1S/C22H20F3N3O3S2/c23-22(24,25)17-7-4-8-18(13-17)33(30,31)28-11-9-16(10-12-28)20(29)27-21-26-19(14-32-21)15-5-2-1-3-6-15/h1-8,13-14,16H,9-12H2,(H,26,27,29). The van der Waals surface area contributed by atoms with Gasteiger partial charge < -0.3 is 5.32 Å². The van der Waals surface area contributed by atoms with Crippen LogP contribution in [0, 0.1) is 5.92 Å². The zero-order chi connectivity index (χ0) is 23.6. The van der Waals surface area contributed by atoms with Crippen molar-refractivity contribution in [2.24, 2.45) is 5.92 Å². The highest BCUT2D eigenvalue weighted by atomic mass is 32.2. The number of piperidine rings is 1. The molecule has 1 aliphatic heterocycles. The molecule has 1 aromatic heterocycles. The Kier molecular flexibility index (Phi) is 6.55. The normalized spacial score (nSPS) is 16.0. The number of halogens is 3. The third-order valence-corrected chi connectivity index (χ3v) is 8.08. The van der Waals surface area contributed by atoms with Gasteiger partial charge in [-0.25, -0.2) is 13.4 Å². The lowest BCUT2D eigenvalue weighted by atomic mass is 9.97. The van der Waals surface area contributed by atoms with Gasteiger partial charge in [0.15, 0.2) is 5.13 Å². The van der Waals surface area contributed by atoms with Crippen LogP contribution in [0.1, 0.15) is 18.4 Å². The second-order valence-corrected chi connectivity index (χ2v) is 10.4. The first kappa shape index (κ1) is 23.4. The molecular formula is C22H20F3N3O3S2. The fraction of sp³-hybridized carbons (Fsp3) is 0.273. The molecule has 0 unspecified atom stereocenters. The summed E-state index contributed by atoms with van der Waals surface area (Å²) in [7, 11) is -4.09. The van der Waals surface area contributed by atoms with Gasteiger partial charge in [0, 0.05) is 30.0 Å². The second-order valence-electron chi connectivity index (χ2n) is 7.60. The molecule has 0 atom stereocenters. The van der Waals surface area contributed by atoms with Crippen LogP contribution in [-0.2, 0) is 21.0 Å². The first-order valence-corrected chi connectivity index (χ1v) is 12.5. The fourth-order valence-corrected chi connectivity index (χ4v) is 5.86. The third kappa shape index (κ3) is 5.26. The van der Waals surface area contributed by atoms with E-state index >= 15 is 0 Å². The summed E-state index contributed by atoms with van der Waals surface area (Å²) in [5, 5.41) is 5.09. The van der Waals surface area contributed by atoms with Crippen molar-refractivity contribution in [1.29, 1.82) is 0 Å². The molecule has 0 radical (unpaired) electrons. The van der Waals surface area contributed by atoms with Crippen LogP contribution in [0.5, 0.6) is 0 Å². The first-order chi connectivity index (χ1) is 15.6. The fourth-order valence-electron chi connectivity index (χ4n) is 3.62. The van der Waals surface area contributed by atoms with E-state index in [4.69, 9.17) is 0 Å². The average molecular weight is 496 g/mol. The molecule has 0 bridgehead atoms. The van der Waals surface area contributed by atoms with Gasteiger partial charge in [0.25, 0.3) is 0 Å². The average Bonchev–Trinajstić information content (AvgIpc) is 3.28. The molecule has 0 spiro atoms. The molecule has 174 valence electrons. The van der Waals surface area contributed by atoms with Crippen molar-refractivity contribution in [3.63, 3.8) is 0 Å². The molecule has 6 nitrogen and oxygen atoms in total. The molecule has 4 rings (SSSR count). The maximum absolute atomic E-state index is 13.0. The summed E-state index contributed by atoms with van der Waals surface area (Å²) >= 11 is 1.30. The van der Waals surface area contributed by atoms with Crippen molar-refractivity contribution in [2.75, 3.05) is 18.4 Å². The Labute approximate surface area is 193 Å². The Morgan fingerprint density at radius 2 is 1.76 bits per heavy atom. The molecule has 11 heteroatoms. The van der Waals surface area contributed by atoms with E-state index in [0.29, 0.717) is 11.2 Å². The number of thiazole rings is 1. The molecule has 1 amide bonds. The molecule has 3 aromatic rings. The summed E-state index contributed by atoms with van der Waals surface area (Å²) in [6, 6.07) is 13.2. The number of carbonyl (C=O) groups is 1. The van der Waals surface area contributed by atoms with Crippen molar-refractivity contribution in [1.82, 2.24) is 9.29 Å². The number of carbonyl (C=O) groups excluding carboxylic acids is 1. The Balaban J connectivity index is 1.38. The van der Waals surface area contributed by atoms with E-state index in [2.05, 4.69) is 10.3 Å². The van der Waals surface area contributed by atoms with Gasteiger partial charge in [-0.3, -0.25) is 4.79 Å². The molecule has 1 N–H and O–H groups in total. The van der Waals surface area contributed by atoms with Crippen LogP contribution in [0.4, 0.5) is 18.3 Å². The lowest BCUT2D eigenvalue weighted by Crippen LogP contribution is -2.41. The summed E-state index contributed by atoms with van der Waals surface area (Å²) in [5.41, 5.74) is 0.663. The van der Waals surface area contributed by atoms with Gasteiger partial charge in [0.05, 0.1) is 16.2 Å². The maximum atomic E-state index is 13.0. The zero-order valence-corrected chi connectivity index (χ0v) is 18.9. The van der Waals surface area contributed by atoms with E-state index in [9.17, 15) is 26.4 Å². The van der Waals surface area contributed by atoms with Gasteiger partial charge in [-0.2, -0.15) is 17.5 Å². The van der Waals surface area contributed by atoms with Crippen molar-refractivity contribution in [2.45, 2.75) is 23.9 Å². The van der Waals surface area contributed by atoms with Crippen LogP contribution in [0.2, 0.25) is 0 Å². The molecule has 1 fully saturated rings. The van der Waals surface area contributed by atoms with Gasteiger partial charge in [-0.05, 0) is 31.0 Å². The number of aromatic nitrogens is 1. The van der Waals surface area contributed by atoms with Crippen molar-refractivity contribution in [3.8, 4) is 11.3 Å². The molecule has 0 saturated carbocycles. The summed E-state index contributed by atoms with van der Waals surface area (Å²) in [5.74, 6) is -0.665. The highest BCUT2D eigenvalue weighted by molar-refractivity contribution is 7.89. The zero-order valence-electron chi connectivity index (χ0n) is 17.2. The Morgan fingerprint density at radius 1 is 1.06 bits per heavy atom. The van der Waals surface area contributed by atoms with Crippen LogP contribution >= 0.6 is 11.3 Å². The molecule has 0 aliphatic carbocycles. The van der Waals surface area contributed by atoms with Crippen LogP contribution in [0.3, 0.4) is 0 Å². The number of alkyl halides is 3. The maximum Gasteiger partial charge on any atom is 0.416 e. The number of rotatable bonds is 5. The molecule has 1 saturated heterocycles. The lowest BCUT2D eigenvalue weighted by molar-refractivity contribution is -0.137. The third-order valence-electron chi connectivity index (χ3n) is 5.43. The van der Waals surface area contributed by atoms with E-state index in [-0.39, 0.29) is 31.8 Å². The van der Waals surface area contributed by atoms with E-state index < -0.39 is 32.6 Å². The van der Waals surface area contributed by atoms with E-state index in [0.717, 1.165) is 33.8 Å². The summed E-state index contributed by atoms with van der Waals surface area (Å²) in [6.07, 6.45) is -4.10. The van der Waals surface area contributed by atoms with E-state index in [1.54, 1.807) is 0 Å². The Morgan fingerprint density at radius 3 is 2.42 bits per heavy atom. The van der Waals surface area contributed by atoms with Crippen molar-refractivity contribution < 1.29 is 26.4 Å². The van der Waals surface area contributed by atoms with Crippen LogP contribution in [0.15, 0.2) is 64.9 Å². The smallest absolute Gasteiger partial charge is 0.302 e. The number of benzene rings is 2. The molecule has 2 heterocycles. The Bertz CT molecular complexity index is 1240. The first-order valence-electron chi connectivity index (χ1n) is 10.1. The number of anilines is 1. The van der Waals surface area contributed by atoms with Crippen LogP contribution in [0.25, 0.3) is 11.3 Å². The van der Waals surface area contributed by atoms with Gasteiger partial charge in [0.1, 0.15) is 0 Å². The van der Waals surface area contributed by atoms with Crippen molar-refractivity contribution in [3.05, 3.63) is 65.5 Å². The van der Waals surface area contributed by atoms with Crippen LogP contribution < -0.4 is 5.32 Å². The number of sulfonamides is 1. The predicted octanol–water partition coefficient (Wildman–Crippen LogP) is 4.87. The minimum absolute atomic E-state index is 0.0454. The second kappa shape index (κ2) is 9.24. The summed E-state index contributed by atoms with van der Waals surface area (Å²) < 4.78 is 65.6. The quantitative estimate of drug-likeness (QED) is 0.548. The van der Waals surface area contributed by atoms with Gasteiger partial charge >= 0.3 is 6.18 Å². The molecule has 1 aliphatic rings. The Hall–Kier alpha value is -2.76. The topological polar surface area (TPSA) is 79.4 Å². The SMILES string of the molecule is O=C(Nc1nc(-c2ccccc2)cs1)C1CCN(S(=O)(=O)c2cccc(C(F)(F)F)c2)CC1. The number of nitrogens with zero attached hydrogens (tertiary/aromatic N) is 2. The number of hydrogen-bond acceptors (Lipinski definition) is 5. The monoisotopic (exact) mass is 495 g/mol. The van der Waals surface area contributed by atoms with Crippen LogP contribution in [-0.4, -0.2) is 36.7 Å². The van der Waals surface area contributed by atoms with E-state index in [1.807, 2.05) is 35.7 Å².